The molecule has 1 saturated heterocycles. The highest BCUT2D eigenvalue weighted by molar-refractivity contribution is 8.18. The SMILES string of the molecule is COC(=O)c1cccc(C#Cc2cncc3cc(/C=C4\SC(=O)NC4=O)oc23)c1. The van der Waals surface area contributed by atoms with Crippen molar-refractivity contribution in [3.05, 3.63) is 70.1 Å². The minimum Gasteiger partial charge on any atom is -0.465 e. The number of aromatic nitrogens is 1. The summed E-state index contributed by atoms with van der Waals surface area (Å²) >= 11 is 0.816. The Morgan fingerprint density at radius 3 is 2.86 bits per heavy atom. The maximum Gasteiger partial charge on any atom is 0.337 e. The van der Waals surface area contributed by atoms with Crippen LogP contribution in [0.1, 0.15) is 27.2 Å². The number of benzene rings is 1. The van der Waals surface area contributed by atoms with E-state index in [1.54, 1.807) is 42.7 Å². The van der Waals surface area contributed by atoms with E-state index in [2.05, 4.69) is 22.1 Å². The topological polar surface area (TPSA) is 98.5 Å². The van der Waals surface area contributed by atoms with Gasteiger partial charge < -0.3 is 9.15 Å². The van der Waals surface area contributed by atoms with Crippen LogP contribution in [0.5, 0.6) is 0 Å². The summed E-state index contributed by atoms with van der Waals surface area (Å²) in [5.41, 5.74) is 2.11. The summed E-state index contributed by atoms with van der Waals surface area (Å²) < 4.78 is 10.5. The third-order valence-electron chi connectivity index (χ3n) is 3.98. The van der Waals surface area contributed by atoms with Crippen LogP contribution in [0.15, 0.2) is 52.0 Å². The molecule has 1 aromatic carbocycles. The molecule has 8 heteroatoms. The predicted molar refractivity (Wildman–Crippen MR) is 107 cm³/mol. The van der Waals surface area contributed by atoms with E-state index in [0.29, 0.717) is 33.4 Å². The number of carbonyl (C=O) groups excluding carboxylic acids is 3. The Bertz CT molecular complexity index is 1260. The molecule has 0 aliphatic carbocycles. The molecule has 3 heterocycles. The lowest BCUT2D eigenvalue weighted by atomic mass is 10.1. The molecule has 142 valence electrons. The summed E-state index contributed by atoms with van der Waals surface area (Å²) in [4.78, 5) is 39.1. The van der Waals surface area contributed by atoms with E-state index < -0.39 is 17.1 Å². The Kier molecular flexibility index (Phi) is 4.89. The first-order valence-electron chi connectivity index (χ1n) is 8.36. The number of thioether (sulfide) groups is 1. The third-order valence-corrected chi connectivity index (χ3v) is 4.79. The van der Waals surface area contributed by atoms with Crippen LogP contribution in [-0.4, -0.2) is 29.2 Å². The van der Waals surface area contributed by atoms with Crippen molar-refractivity contribution < 1.29 is 23.5 Å². The Balaban J connectivity index is 1.68. The van der Waals surface area contributed by atoms with Gasteiger partial charge in [0, 0.05) is 29.4 Å². The first-order valence-corrected chi connectivity index (χ1v) is 9.18. The molecule has 3 aromatic rings. The summed E-state index contributed by atoms with van der Waals surface area (Å²) in [6.45, 7) is 0. The van der Waals surface area contributed by atoms with Crippen molar-refractivity contribution in [3.63, 3.8) is 0 Å². The fraction of sp³-hybridized carbons (Fsp3) is 0.0476. The number of esters is 1. The number of nitrogens with one attached hydrogen (secondary N) is 1. The number of methoxy groups -OCH3 is 1. The molecule has 2 amide bonds. The van der Waals surface area contributed by atoms with Gasteiger partial charge in [-0.15, -0.1) is 0 Å². The molecule has 0 atom stereocenters. The van der Waals surface area contributed by atoms with E-state index in [0.717, 1.165) is 11.8 Å². The van der Waals surface area contributed by atoms with Crippen molar-refractivity contribution in [1.29, 1.82) is 0 Å². The van der Waals surface area contributed by atoms with Crippen molar-refractivity contribution >= 4 is 45.9 Å². The zero-order valence-electron chi connectivity index (χ0n) is 15.0. The minimum atomic E-state index is -0.455. The molecule has 0 saturated carbocycles. The third kappa shape index (κ3) is 3.90. The number of ether oxygens (including phenoxy) is 1. The molecule has 1 N–H and O–H groups in total. The lowest BCUT2D eigenvalue weighted by molar-refractivity contribution is -0.115. The second kappa shape index (κ2) is 7.66. The maximum atomic E-state index is 11.7. The zero-order valence-corrected chi connectivity index (χ0v) is 15.8. The molecule has 29 heavy (non-hydrogen) atoms. The molecule has 2 aromatic heterocycles. The van der Waals surface area contributed by atoms with Gasteiger partial charge in [-0.2, -0.15) is 0 Å². The van der Waals surface area contributed by atoms with Crippen LogP contribution in [0.3, 0.4) is 0 Å². The number of hydrogen-bond donors (Lipinski definition) is 1. The van der Waals surface area contributed by atoms with Gasteiger partial charge in [-0.25, -0.2) is 4.79 Å². The first-order chi connectivity index (χ1) is 14.0. The Morgan fingerprint density at radius 1 is 1.24 bits per heavy atom. The zero-order chi connectivity index (χ0) is 20.4. The van der Waals surface area contributed by atoms with Gasteiger partial charge in [-0.1, -0.05) is 17.9 Å². The normalized spacial score (nSPS) is 14.6. The molecule has 1 aliphatic rings. The van der Waals surface area contributed by atoms with Gasteiger partial charge in [0.15, 0.2) is 5.58 Å². The summed E-state index contributed by atoms with van der Waals surface area (Å²) in [6.07, 6.45) is 4.69. The molecule has 0 bridgehead atoms. The number of hydrogen-bond acceptors (Lipinski definition) is 7. The molecular weight excluding hydrogens is 392 g/mol. The summed E-state index contributed by atoms with van der Waals surface area (Å²) in [5.74, 6) is 5.50. The first kappa shape index (κ1) is 18.5. The lowest BCUT2D eigenvalue weighted by Gasteiger charge is -1.98. The number of carbonyl (C=O) groups is 3. The Labute approximate surface area is 169 Å². The van der Waals surface area contributed by atoms with Crippen LogP contribution < -0.4 is 5.32 Å². The van der Waals surface area contributed by atoms with Gasteiger partial charge >= 0.3 is 5.97 Å². The van der Waals surface area contributed by atoms with Gasteiger partial charge in [0.05, 0.1) is 23.1 Å². The van der Waals surface area contributed by atoms with Crippen molar-refractivity contribution in [3.8, 4) is 11.8 Å². The number of amides is 2. The maximum absolute atomic E-state index is 11.7. The highest BCUT2D eigenvalue weighted by atomic mass is 32.2. The highest BCUT2D eigenvalue weighted by Gasteiger charge is 2.25. The second-order valence-electron chi connectivity index (χ2n) is 5.93. The van der Waals surface area contributed by atoms with Crippen LogP contribution in [0.4, 0.5) is 4.79 Å². The summed E-state index contributed by atoms with van der Waals surface area (Å²) in [6, 6.07) is 8.50. The van der Waals surface area contributed by atoms with E-state index in [1.165, 1.54) is 13.2 Å². The van der Waals surface area contributed by atoms with Gasteiger partial charge in [0.2, 0.25) is 0 Å². The molecule has 1 aliphatic heterocycles. The predicted octanol–water partition coefficient (Wildman–Crippen LogP) is 3.34. The van der Waals surface area contributed by atoms with Gasteiger partial charge in [-0.05, 0) is 36.0 Å². The van der Waals surface area contributed by atoms with Crippen molar-refractivity contribution in [1.82, 2.24) is 10.3 Å². The Hall–Kier alpha value is -3.83. The fourth-order valence-electron chi connectivity index (χ4n) is 2.67. The molecule has 0 radical (unpaired) electrons. The molecule has 0 unspecified atom stereocenters. The van der Waals surface area contributed by atoms with Crippen LogP contribution in [-0.2, 0) is 9.53 Å². The number of furan rings is 1. The molecule has 7 nitrogen and oxygen atoms in total. The van der Waals surface area contributed by atoms with E-state index in [9.17, 15) is 14.4 Å². The molecule has 1 fully saturated rings. The van der Waals surface area contributed by atoms with Gasteiger partial charge in [0.1, 0.15) is 5.76 Å². The van der Waals surface area contributed by atoms with Gasteiger partial charge in [0.25, 0.3) is 11.1 Å². The second-order valence-corrected chi connectivity index (χ2v) is 6.94. The fourth-order valence-corrected chi connectivity index (χ4v) is 3.34. The number of pyridine rings is 1. The van der Waals surface area contributed by atoms with E-state index in [-0.39, 0.29) is 4.91 Å². The highest BCUT2D eigenvalue weighted by Crippen LogP contribution is 2.28. The number of rotatable bonds is 2. The van der Waals surface area contributed by atoms with Crippen LogP contribution in [0, 0.1) is 11.8 Å². The van der Waals surface area contributed by atoms with Crippen molar-refractivity contribution in [2.45, 2.75) is 0 Å². The quantitative estimate of drug-likeness (QED) is 0.397. The largest absolute Gasteiger partial charge is 0.465 e. The molecule has 0 spiro atoms. The van der Waals surface area contributed by atoms with Crippen molar-refractivity contribution in [2.24, 2.45) is 0 Å². The molecular formula is C21H12N2O5S. The smallest absolute Gasteiger partial charge is 0.337 e. The lowest BCUT2D eigenvalue weighted by Crippen LogP contribution is -2.17. The van der Waals surface area contributed by atoms with E-state index >= 15 is 0 Å². The van der Waals surface area contributed by atoms with Crippen LogP contribution >= 0.6 is 11.8 Å². The van der Waals surface area contributed by atoms with E-state index in [4.69, 9.17) is 9.15 Å². The monoisotopic (exact) mass is 404 g/mol. The van der Waals surface area contributed by atoms with Crippen LogP contribution in [0.2, 0.25) is 0 Å². The van der Waals surface area contributed by atoms with E-state index in [1.807, 2.05) is 0 Å². The standard InChI is InChI=1S/C21H12N2O5S/c1-27-20(25)13-4-2-3-12(7-13)5-6-14-10-22-11-15-8-16(28-18(14)15)9-17-19(24)23-21(26)29-17/h2-4,7-11H,1H3,(H,23,24,26)/b17-9-. The summed E-state index contributed by atoms with van der Waals surface area (Å²) in [7, 11) is 1.32. The van der Waals surface area contributed by atoms with Crippen molar-refractivity contribution in [2.75, 3.05) is 7.11 Å². The molecule has 4 rings (SSSR count). The van der Waals surface area contributed by atoms with Gasteiger partial charge in [-0.3, -0.25) is 19.9 Å². The number of nitrogens with zero attached hydrogens (tertiary/aromatic N) is 1. The Morgan fingerprint density at radius 2 is 2.10 bits per heavy atom. The minimum absolute atomic E-state index is 0.259. The number of fused-ring (bicyclic) bond motifs is 1. The summed E-state index contributed by atoms with van der Waals surface area (Å²) in [5, 5.41) is 2.49. The average molecular weight is 404 g/mol. The average Bonchev–Trinajstić information content (AvgIpc) is 3.28. The number of imide groups is 1. The van der Waals surface area contributed by atoms with Crippen LogP contribution in [0.25, 0.3) is 17.0 Å².